The molecule has 0 radical (unpaired) electrons. The molecule has 0 bridgehead atoms. The first-order chi connectivity index (χ1) is 13.7. The third kappa shape index (κ3) is 2.80. The van der Waals surface area contributed by atoms with Crippen LogP contribution in [0.15, 0.2) is 110 Å². The summed E-state index contributed by atoms with van der Waals surface area (Å²) >= 11 is 0. The maximum atomic E-state index is 12.3. The van der Waals surface area contributed by atoms with Crippen LogP contribution >= 0.6 is 0 Å². The molecular weight excluding hydrogens is 348 g/mol. The molecule has 2 aromatic carbocycles. The van der Waals surface area contributed by atoms with Gasteiger partial charge < -0.3 is 10.2 Å². The smallest absolute Gasteiger partial charge is 0.153 e. The molecule has 0 saturated carbocycles. The van der Waals surface area contributed by atoms with Gasteiger partial charge in [-0.1, -0.05) is 72.8 Å². The number of hydrogen-bond donors (Lipinski definition) is 2. The molecule has 2 heterocycles. The molecule has 28 heavy (non-hydrogen) atoms. The van der Waals surface area contributed by atoms with Crippen molar-refractivity contribution >= 4 is 0 Å². The zero-order valence-electron chi connectivity index (χ0n) is 15.2. The Balaban J connectivity index is 2.09. The van der Waals surface area contributed by atoms with Gasteiger partial charge in [0.15, 0.2) is 11.2 Å². The van der Waals surface area contributed by atoms with Crippen molar-refractivity contribution in [2.45, 2.75) is 11.2 Å². The molecule has 0 amide bonds. The van der Waals surface area contributed by atoms with Crippen LogP contribution in [-0.2, 0) is 11.2 Å². The lowest BCUT2D eigenvalue weighted by molar-refractivity contribution is -0.113. The van der Waals surface area contributed by atoms with Crippen LogP contribution in [0.5, 0.6) is 0 Å². The number of hydrogen-bond acceptors (Lipinski definition) is 4. The molecule has 0 fully saturated rings. The summed E-state index contributed by atoms with van der Waals surface area (Å²) in [6.07, 6.45) is 6.44. The first-order valence-corrected chi connectivity index (χ1v) is 9.04. The van der Waals surface area contributed by atoms with Crippen molar-refractivity contribution in [2.24, 2.45) is 0 Å². The molecule has 138 valence electrons. The lowest BCUT2D eigenvalue weighted by atomic mass is 9.67. The van der Waals surface area contributed by atoms with E-state index in [1.54, 1.807) is 73.3 Å². The topological polar surface area (TPSA) is 66.2 Å². The second-order valence-corrected chi connectivity index (χ2v) is 6.64. The van der Waals surface area contributed by atoms with Crippen molar-refractivity contribution in [1.29, 1.82) is 0 Å². The zero-order valence-corrected chi connectivity index (χ0v) is 15.2. The minimum absolute atomic E-state index is 0.483. The Labute approximate surface area is 163 Å². The SMILES string of the molecule is O[C@@](c1ccccc1)(c1cccnc1)[C@](O)(c1ccccc1)c1cccnc1. The molecule has 2 atom stereocenters. The molecule has 0 aliphatic carbocycles. The summed E-state index contributed by atoms with van der Waals surface area (Å²) in [7, 11) is 0. The Bertz CT molecular complexity index is 857. The quantitative estimate of drug-likeness (QED) is 0.564. The Morgan fingerprint density at radius 3 is 1.14 bits per heavy atom. The molecule has 4 nitrogen and oxygen atoms in total. The van der Waals surface area contributed by atoms with E-state index in [9.17, 15) is 10.2 Å². The Morgan fingerprint density at radius 1 is 0.464 bits per heavy atom. The first kappa shape index (κ1) is 18.0. The highest BCUT2D eigenvalue weighted by Gasteiger charge is 2.54. The molecule has 0 saturated heterocycles. The van der Waals surface area contributed by atoms with Gasteiger partial charge in [-0.05, 0) is 23.3 Å². The second-order valence-electron chi connectivity index (χ2n) is 6.64. The van der Waals surface area contributed by atoms with Crippen molar-refractivity contribution in [3.8, 4) is 0 Å². The van der Waals surface area contributed by atoms with Gasteiger partial charge in [0.1, 0.15) is 0 Å². The Hall–Kier alpha value is -3.34. The van der Waals surface area contributed by atoms with E-state index in [1.165, 1.54) is 0 Å². The van der Waals surface area contributed by atoms with E-state index < -0.39 is 11.2 Å². The number of pyridine rings is 2. The van der Waals surface area contributed by atoms with E-state index in [2.05, 4.69) is 9.97 Å². The molecule has 2 N–H and O–H groups in total. The predicted octanol–water partition coefficient (Wildman–Crippen LogP) is 3.65. The highest BCUT2D eigenvalue weighted by molar-refractivity contribution is 5.49. The van der Waals surface area contributed by atoms with E-state index in [0.717, 1.165) is 0 Å². The van der Waals surface area contributed by atoms with Crippen LogP contribution in [0.1, 0.15) is 22.3 Å². The number of nitrogens with zero attached hydrogens (tertiary/aromatic N) is 2. The fourth-order valence-electron chi connectivity index (χ4n) is 3.68. The molecular formula is C24H20N2O2. The maximum Gasteiger partial charge on any atom is 0.153 e. The van der Waals surface area contributed by atoms with Gasteiger partial charge >= 0.3 is 0 Å². The van der Waals surface area contributed by atoms with Crippen molar-refractivity contribution in [1.82, 2.24) is 9.97 Å². The van der Waals surface area contributed by atoms with Crippen molar-refractivity contribution in [3.05, 3.63) is 132 Å². The summed E-state index contributed by atoms with van der Waals surface area (Å²) in [5, 5.41) is 24.5. The van der Waals surface area contributed by atoms with Crippen LogP contribution in [0.25, 0.3) is 0 Å². The molecule has 0 aliphatic heterocycles. The third-order valence-corrected chi connectivity index (χ3v) is 5.07. The normalized spacial score (nSPS) is 15.4. The lowest BCUT2D eigenvalue weighted by Gasteiger charge is -2.44. The van der Waals surface area contributed by atoms with E-state index in [4.69, 9.17) is 0 Å². The average molecular weight is 368 g/mol. The van der Waals surface area contributed by atoms with Crippen molar-refractivity contribution < 1.29 is 10.2 Å². The van der Waals surface area contributed by atoms with Crippen molar-refractivity contribution in [3.63, 3.8) is 0 Å². The number of aliphatic hydroxyl groups is 2. The van der Waals surface area contributed by atoms with Gasteiger partial charge in [-0.2, -0.15) is 0 Å². The monoisotopic (exact) mass is 368 g/mol. The minimum atomic E-state index is -1.80. The largest absolute Gasteiger partial charge is 0.377 e. The summed E-state index contributed by atoms with van der Waals surface area (Å²) in [6.45, 7) is 0. The molecule has 4 rings (SSSR count). The van der Waals surface area contributed by atoms with Crippen LogP contribution < -0.4 is 0 Å². The van der Waals surface area contributed by atoms with E-state index in [1.807, 2.05) is 36.4 Å². The summed E-state index contributed by atoms with van der Waals surface area (Å²) in [5.74, 6) is 0. The van der Waals surface area contributed by atoms with Crippen LogP contribution in [0.2, 0.25) is 0 Å². The molecule has 4 heteroatoms. The lowest BCUT2D eigenvalue weighted by Crippen LogP contribution is -2.51. The van der Waals surface area contributed by atoms with Gasteiger partial charge in [-0.3, -0.25) is 9.97 Å². The number of rotatable bonds is 5. The minimum Gasteiger partial charge on any atom is -0.377 e. The van der Waals surface area contributed by atoms with Crippen LogP contribution in [-0.4, -0.2) is 20.2 Å². The third-order valence-electron chi connectivity index (χ3n) is 5.07. The zero-order chi connectivity index (χ0) is 19.5. The summed E-state index contributed by atoms with van der Waals surface area (Å²) in [6, 6.07) is 25.3. The highest BCUT2D eigenvalue weighted by Crippen LogP contribution is 2.49. The fraction of sp³-hybridized carbons (Fsp3) is 0.0833. The van der Waals surface area contributed by atoms with Gasteiger partial charge in [0, 0.05) is 35.9 Å². The van der Waals surface area contributed by atoms with Crippen LogP contribution in [0, 0.1) is 0 Å². The Morgan fingerprint density at radius 2 is 0.821 bits per heavy atom. The molecule has 0 unspecified atom stereocenters. The average Bonchev–Trinajstić information content (AvgIpc) is 2.80. The fourth-order valence-corrected chi connectivity index (χ4v) is 3.68. The van der Waals surface area contributed by atoms with E-state index in [0.29, 0.717) is 22.3 Å². The van der Waals surface area contributed by atoms with E-state index in [-0.39, 0.29) is 0 Å². The first-order valence-electron chi connectivity index (χ1n) is 9.04. The van der Waals surface area contributed by atoms with Gasteiger partial charge in [0.2, 0.25) is 0 Å². The van der Waals surface area contributed by atoms with Gasteiger partial charge in [0.25, 0.3) is 0 Å². The second kappa shape index (κ2) is 7.35. The van der Waals surface area contributed by atoms with Gasteiger partial charge in [-0.15, -0.1) is 0 Å². The van der Waals surface area contributed by atoms with Gasteiger partial charge in [0.05, 0.1) is 0 Å². The predicted molar refractivity (Wildman–Crippen MR) is 107 cm³/mol. The maximum absolute atomic E-state index is 12.3. The molecule has 0 spiro atoms. The molecule has 0 aliphatic rings. The molecule has 4 aromatic rings. The Kier molecular flexibility index (Phi) is 4.74. The van der Waals surface area contributed by atoms with E-state index >= 15 is 0 Å². The van der Waals surface area contributed by atoms with Crippen molar-refractivity contribution in [2.75, 3.05) is 0 Å². The number of benzene rings is 2. The molecule has 2 aromatic heterocycles. The van der Waals surface area contributed by atoms with Gasteiger partial charge in [-0.25, -0.2) is 0 Å². The summed E-state index contributed by atoms with van der Waals surface area (Å²) in [5.41, 5.74) is -1.52. The summed E-state index contributed by atoms with van der Waals surface area (Å²) < 4.78 is 0. The highest BCUT2D eigenvalue weighted by atomic mass is 16.4. The summed E-state index contributed by atoms with van der Waals surface area (Å²) in [4.78, 5) is 8.38. The van der Waals surface area contributed by atoms with Crippen LogP contribution in [0.4, 0.5) is 0 Å². The number of aromatic nitrogens is 2. The standard InChI is InChI=1S/C24H20N2O2/c27-23(19-9-3-1-4-10-19,21-13-7-15-25-17-21)24(28,20-11-5-2-6-12-20)22-14-8-16-26-18-22/h1-18,27-28H/t23-,24-/m0/s1. The van der Waals surface area contributed by atoms with Crippen LogP contribution in [0.3, 0.4) is 0 Å².